The molecule has 1 amide bonds. The SMILES string of the molecule is COc1cccc(F)c1C(=O)NC(C)C(C)CO. The Morgan fingerprint density at radius 2 is 2.17 bits per heavy atom. The Labute approximate surface area is 106 Å². The number of benzene rings is 1. The number of halogens is 1. The number of rotatable bonds is 5. The van der Waals surface area contributed by atoms with Crippen molar-refractivity contribution in [3.8, 4) is 5.75 Å². The van der Waals surface area contributed by atoms with E-state index in [0.29, 0.717) is 0 Å². The molecule has 0 saturated heterocycles. The molecule has 0 saturated carbocycles. The third-order valence-electron chi connectivity index (χ3n) is 2.92. The van der Waals surface area contributed by atoms with Crippen LogP contribution >= 0.6 is 0 Å². The van der Waals surface area contributed by atoms with Crippen molar-refractivity contribution in [1.82, 2.24) is 5.32 Å². The van der Waals surface area contributed by atoms with E-state index in [1.165, 1.54) is 25.3 Å². The van der Waals surface area contributed by atoms with E-state index in [2.05, 4.69) is 5.32 Å². The first-order valence-corrected chi connectivity index (χ1v) is 5.75. The second-order valence-corrected chi connectivity index (χ2v) is 4.24. The molecule has 2 unspecified atom stereocenters. The van der Waals surface area contributed by atoms with Crippen LogP contribution in [0.15, 0.2) is 18.2 Å². The highest BCUT2D eigenvalue weighted by Gasteiger charge is 2.21. The average molecular weight is 255 g/mol. The van der Waals surface area contributed by atoms with E-state index in [4.69, 9.17) is 9.84 Å². The van der Waals surface area contributed by atoms with Gasteiger partial charge in [-0.3, -0.25) is 4.79 Å². The van der Waals surface area contributed by atoms with Crippen molar-refractivity contribution in [1.29, 1.82) is 0 Å². The first-order chi connectivity index (χ1) is 8.51. The first kappa shape index (κ1) is 14.4. The summed E-state index contributed by atoms with van der Waals surface area (Å²) in [7, 11) is 1.38. The number of carbonyl (C=O) groups is 1. The van der Waals surface area contributed by atoms with Crippen LogP contribution in [0.5, 0.6) is 5.75 Å². The molecule has 0 bridgehead atoms. The summed E-state index contributed by atoms with van der Waals surface area (Å²) in [6.07, 6.45) is 0. The van der Waals surface area contributed by atoms with Gasteiger partial charge in [-0.05, 0) is 25.0 Å². The maximum absolute atomic E-state index is 13.6. The van der Waals surface area contributed by atoms with Crippen molar-refractivity contribution in [2.24, 2.45) is 5.92 Å². The molecule has 0 heterocycles. The van der Waals surface area contributed by atoms with E-state index in [-0.39, 0.29) is 29.9 Å². The predicted octanol–water partition coefficient (Wildman–Crippen LogP) is 1.58. The number of hydrogen-bond donors (Lipinski definition) is 2. The summed E-state index contributed by atoms with van der Waals surface area (Å²) in [5.74, 6) is -1.09. The summed E-state index contributed by atoms with van der Waals surface area (Å²) in [5, 5.41) is 11.6. The van der Waals surface area contributed by atoms with Crippen LogP contribution < -0.4 is 10.1 Å². The van der Waals surface area contributed by atoms with Gasteiger partial charge >= 0.3 is 0 Å². The smallest absolute Gasteiger partial charge is 0.258 e. The van der Waals surface area contributed by atoms with Gasteiger partial charge in [0.15, 0.2) is 0 Å². The number of aliphatic hydroxyl groups excluding tert-OH is 1. The topological polar surface area (TPSA) is 58.6 Å². The van der Waals surface area contributed by atoms with Crippen LogP contribution in [0, 0.1) is 11.7 Å². The van der Waals surface area contributed by atoms with Crippen LogP contribution in [0.3, 0.4) is 0 Å². The van der Waals surface area contributed by atoms with Crippen molar-refractivity contribution >= 4 is 5.91 Å². The number of aliphatic hydroxyl groups is 1. The minimum Gasteiger partial charge on any atom is -0.496 e. The molecule has 0 radical (unpaired) electrons. The average Bonchev–Trinajstić information content (AvgIpc) is 2.36. The summed E-state index contributed by atoms with van der Waals surface area (Å²) in [4.78, 5) is 12.0. The fourth-order valence-corrected chi connectivity index (χ4v) is 1.47. The Balaban J connectivity index is 2.91. The van der Waals surface area contributed by atoms with Gasteiger partial charge in [0.05, 0.1) is 7.11 Å². The van der Waals surface area contributed by atoms with Crippen LogP contribution in [0.25, 0.3) is 0 Å². The zero-order chi connectivity index (χ0) is 13.7. The van der Waals surface area contributed by atoms with Gasteiger partial charge in [-0.15, -0.1) is 0 Å². The second kappa shape index (κ2) is 6.35. The summed E-state index contributed by atoms with van der Waals surface area (Å²) in [5.41, 5.74) is -0.114. The maximum Gasteiger partial charge on any atom is 0.258 e. The van der Waals surface area contributed by atoms with Crippen molar-refractivity contribution in [3.05, 3.63) is 29.6 Å². The van der Waals surface area contributed by atoms with Crippen molar-refractivity contribution in [2.45, 2.75) is 19.9 Å². The Bertz CT molecular complexity index is 423. The normalized spacial score (nSPS) is 13.8. The molecule has 100 valence electrons. The largest absolute Gasteiger partial charge is 0.496 e. The number of nitrogens with one attached hydrogen (secondary N) is 1. The molecule has 2 N–H and O–H groups in total. The van der Waals surface area contributed by atoms with Crippen molar-refractivity contribution in [3.63, 3.8) is 0 Å². The molecule has 1 aromatic rings. The zero-order valence-corrected chi connectivity index (χ0v) is 10.7. The lowest BCUT2D eigenvalue weighted by molar-refractivity contribution is 0.0909. The minimum atomic E-state index is -0.629. The summed E-state index contributed by atoms with van der Waals surface area (Å²) in [6.45, 7) is 3.51. The third kappa shape index (κ3) is 3.20. The van der Waals surface area contributed by atoms with E-state index >= 15 is 0 Å². The number of methoxy groups -OCH3 is 1. The Morgan fingerprint density at radius 1 is 1.50 bits per heavy atom. The molecule has 1 aromatic carbocycles. The molecule has 0 aromatic heterocycles. The lowest BCUT2D eigenvalue weighted by atomic mass is 10.0. The van der Waals surface area contributed by atoms with Gasteiger partial charge in [0.25, 0.3) is 5.91 Å². The van der Waals surface area contributed by atoms with E-state index in [1.54, 1.807) is 13.8 Å². The standard InChI is InChI=1S/C13H18FNO3/c1-8(7-16)9(2)15-13(17)12-10(14)5-4-6-11(12)18-3/h4-6,8-9,16H,7H2,1-3H3,(H,15,17). The Hall–Kier alpha value is -1.62. The second-order valence-electron chi connectivity index (χ2n) is 4.24. The lowest BCUT2D eigenvalue weighted by Gasteiger charge is -2.20. The summed E-state index contributed by atoms with van der Waals surface area (Å²) in [6, 6.07) is 3.95. The first-order valence-electron chi connectivity index (χ1n) is 5.75. The predicted molar refractivity (Wildman–Crippen MR) is 66.1 cm³/mol. The number of amides is 1. The zero-order valence-electron chi connectivity index (χ0n) is 10.7. The van der Waals surface area contributed by atoms with E-state index < -0.39 is 11.7 Å². The van der Waals surface area contributed by atoms with E-state index in [0.717, 1.165) is 0 Å². The molecule has 5 heteroatoms. The summed E-state index contributed by atoms with van der Waals surface area (Å²) < 4.78 is 18.6. The molecular formula is C13H18FNO3. The molecule has 0 aliphatic carbocycles. The summed E-state index contributed by atoms with van der Waals surface area (Å²) >= 11 is 0. The molecular weight excluding hydrogens is 237 g/mol. The third-order valence-corrected chi connectivity index (χ3v) is 2.92. The molecule has 1 rings (SSSR count). The maximum atomic E-state index is 13.6. The highest BCUT2D eigenvalue weighted by molar-refractivity contribution is 5.97. The van der Waals surface area contributed by atoms with Crippen LogP contribution in [-0.2, 0) is 0 Å². The number of ether oxygens (including phenoxy) is 1. The molecule has 0 fully saturated rings. The van der Waals surface area contributed by atoms with Gasteiger partial charge in [-0.2, -0.15) is 0 Å². The van der Waals surface area contributed by atoms with Crippen LogP contribution in [0.4, 0.5) is 4.39 Å². The Morgan fingerprint density at radius 3 is 2.72 bits per heavy atom. The number of carbonyl (C=O) groups excluding carboxylic acids is 1. The van der Waals surface area contributed by atoms with E-state index in [9.17, 15) is 9.18 Å². The van der Waals surface area contributed by atoms with Crippen LogP contribution in [0.2, 0.25) is 0 Å². The highest BCUT2D eigenvalue weighted by atomic mass is 19.1. The molecule has 4 nitrogen and oxygen atoms in total. The van der Waals surface area contributed by atoms with Crippen molar-refractivity contribution in [2.75, 3.05) is 13.7 Å². The molecule has 18 heavy (non-hydrogen) atoms. The Kier molecular flexibility index (Phi) is 5.09. The fourth-order valence-electron chi connectivity index (χ4n) is 1.47. The van der Waals surface area contributed by atoms with Gasteiger partial charge in [-0.1, -0.05) is 13.0 Å². The quantitative estimate of drug-likeness (QED) is 0.840. The van der Waals surface area contributed by atoms with Crippen molar-refractivity contribution < 1.29 is 19.0 Å². The highest BCUT2D eigenvalue weighted by Crippen LogP contribution is 2.21. The minimum absolute atomic E-state index is 0.0458. The van der Waals surface area contributed by atoms with Crippen LogP contribution in [-0.4, -0.2) is 30.8 Å². The number of hydrogen-bond acceptors (Lipinski definition) is 3. The van der Waals surface area contributed by atoms with Gasteiger partial charge in [-0.25, -0.2) is 4.39 Å². The molecule has 0 spiro atoms. The van der Waals surface area contributed by atoms with Crippen LogP contribution in [0.1, 0.15) is 24.2 Å². The monoisotopic (exact) mass is 255 g/mol. The molecule has 2 atom stereocenters. The van der Waals surface area contributed by atoms with Gasteiger partial charge in [0.1, 0.15) is 17.1 Å². The van der Waals surface area contributed by atoms with Gasteiger partial charge < -0.3 is 15.2 Å². The lowest BCUT2D eigenvalue weighted by Crippen LogP contribution is -2.38. The van der Waals surface area contributed by atoms with Gasteiger partial charge in [0.2, 0.25) is 0 Å². The molecule has 0 aliphatic rings. The van der Waals surface area contributed by atoms with E-state index in [1.807, 2.05) is 0 Å². The van der Waals surface area contributed by atoms with Gasteiger partial charge in [0, 0.05) is 12.6 Å². The molecule has 0 aliphatic heterocycles. The fraction of sp³-hybridized carbons (Fsp3) is 0.462.